The number of hydrogen-bond donors (Lipinski definition) is 0. The van der Waals surface area contributed by atoms with E-state index in [0.717, 1.165) is 19.4 Å². The van der Waals surface area contributed by atoms with E-state index in [2.05, 4.69) is 9.97 Å². The van der Waals surface area contributed by atoms with Gasteiger partial charge in [0.25, 0.3) is 0 Å². The van der Waals surface area contributed by atoms with Crippen molar-refractivity contribution in [2.45, 2.75) is 33.6 Å². The zero-order valence-electron chi connectivity index (χ0n) is 12.5. The molecule has 0 aliphatic carbocycles. The Bertz CT molecular complexity index is 412. The monoisotopic (exact) mass is 281 g/mol. The number of rotatable bonds is 9. The number of esters is 1. The maximum Gasteiger partial charge on any atom is 0.325 e. The molecule has 112 valence electrons. The van der Waals surface area contributed by atoms with Gasteiger partial charge in [-0.05, 0) is 19.8 Å². The third kappa shape index (κ3) is 5.42. The molecule has 1 aromatic rings. The number of aromatic nitrogens is 2. The summed E-state index contributed by atoms with van der Waals surface area (Å²) in [4.78, 5) is 21.8. The molecule has 1 rings (SSSR count). The van der Waals surface area contributed by atoms with E-state index in [1.165, 1.54) is 6.33 Å². The molecule has 0 fully saturated rings. The SMILES string of the molecule is CCCOc1cc(N(CCC)CC(=O)OCC)ncn1. The first-order chi connectivity index (χ1) is 9.71. The van der Waals surface area contributed by atoms with Gasteiger partial charge >= 0.3 is 5.97 Å². The van der Waals surface area contributed by atoms with Crippen LogP contribution in [0.1, 0.15) is 33.6 Å². The molecule has 0 unspecified atom stereocenters. The van der Waals surface area contributed by atoms with Gasteiger partial charge in [0.2, 0.25) is 5.88 Å². The van der Waals surface area contributed by atoms with Crippen LogP contribution in [0, 0.1) is 0 Å². The number of carbonyl (C=O) groups excluding carboxylic acids is 1. The quantitative estimate of drug-likeness (QED) is 0.645. The van der Waals surface area contributed by atoms with E-state index in [1.54, 1.807) is 13.0 Å². The number of carbonyl (C=O) groups is 1. The molecule has 0 atom stereocenters. The molecule has 0 bridgehead atoms. The van der Waals surface area contributed by atoms with E-state index in [0.29, 0.717) is 24.9 Å². The lowest BCUT2D eigenvalue weighted by atomic mass is 10.3. The molecule has 1 aromatic heterocycles. The second kappa shape index (κ2) is 9.12. The molecule has 0 aliphatic rings. The predicted molar refractivity (Wildman–Crippen MR) is 77.0 cm³/mol. The Hall–Kier alpha value is -1.85. The fourth-order valence-corrected chi connectivity index (χ4v) is 1.70. The third-order valence-electron chi connectivity index (χ3n) is 2.52. The van der Waals surface area contributed by atoms with Gasteiger partial charge in [-0.15, -0.1) is 0 Å². The minimum Gasteiger partial charge on any atom is -0.478 e. The molecule has 6 nitrogen and oxygen atoms in total. The lowest BCUT2D eigenvalue weighted by Gasteiger charge is -2.22. The summed E-state index contributed by atoms with van der Waals surface area (Å²) >= 11 is 0. The zero-order valence-corrected chi connectivity index (χ0v) is 12.5. The summed E-state index contributed by atoms with van der Waals surface area (Å²) in [6.07, 6.45) is 3.28. The van der Waals surface area contributed by atoms with Crippen LogP contribution in [-0.4, -0.2) is 42.2 Å². The molecule has 6 heteroatoms. The van der Waals surface area contributed by atoms with Crippen LogP contribution in [0.15, 0.2) is 12.4 Å². The van der Waals surface area contributed by atoms with Crippen molar-refractivity contribution >= 4 is 11.8 Å². The zero-order chi connectivity index (χ0) is 14.8. The Morgan fingerprint density at radius 2 is 2.05 bits per heavy atom. The maximum atomic E-state index is 11.6. The third-order valence-corrected chi connectivity index (χ3v) is 2.52. The smallest absolute Gasteiger partial charge is 0.325 e. The largest absolute Gasteiger partial charge is 0.478 e. The molecule has 0 saturated heterocycles. The first kappa shape index (κ1) is 16.2. The standard InChI is InChI=1S/C14H23N3O3/c1-4-7-17(10-14(18)19-6-3)12-9-13(16-11-15-12)20-8-5-2/h9,11H,4-8,10H2,1-3H3. The van der Waals surface area contributed by atoms with Gasteiger partial charge in [-0.25, -0.2) is 9.97 Å². The van der Waals surface area contributed by atoms with Crippen LogP contribution in [0.3, 0.4) is 0 Å². The van der Waals surface area contributed by atoms with Gasteiger partial charge in [0, 0.05) is 12.6 Å². The van der Waals surface area contributed by atoms with E-state index in [4.69, 9.17) is 9.47 Å². The maximum absolute atomic E-state index is 11.6. The van der Waals surface area contributed by atoms with Gasteiger partial charge in [-0.1, -0.05) is 13.8 Å². The van der Waals surface area contributed by atoms with Crippen LogP contribution in [0.4, 0.5) is 5.82 Å². The van der Waals surface area contributed by atoms with Gasteiger partial charge in [0.1, 0.15) is 18.7 Å². The lowest BCUT2D eigenvalue weighted by Crippen LogP contribution is -2.32. The summed E-state index contributed by atoms with van der Waals surface area (Å²) in [6, 6.07) is 1.75. The fraction of sp³-hybridized carbons (Fsp3) is 0.643. The van der Waals surface area contributed by atoms with Crippen molar-refractivity contribution in [3.05, 3.63) is 12.4 Å². The lowest BCUT2D eigenvalue weighted by molar-refractivity contribution is -0.141. The highest BCUT2D eigenvalue weighted by molar-refractivity contribution is 5.75. The Kier molecular flexibility index (Phi) is 7.39. The van der Waals surface area contributed by atoms with Crippen molar-refractivity contribution in [1.29, 1.82) is 0 Å². The molecule has 0 N–H and O–H groups in total. The Morgan fingerprint density at radius 1 is 1.25 bits per heavy atom. The highest BCUT2D eigenvalue weighted by Gasteiger charge is 2.14. The number of anilines is 1. The molecule has 0 radical (unpaired) electrons. The fourth-order valence-electron chi connectivity index (χ4n) is 1.70. The summed E-state index contributed by atoms with van der Waals surface area (Å²) < 4.78 is 10.5. The number of hydrogen-bond acceptors (Lipinski definition) is 6. The van der Waals surface area contributed by atoms with E-state index in [1.807, 2.05) is 18.7 Å². The van der Waals surface area contributed by atoms with E-state index < -0.39 is 0 Å². The van der Waals surface area contributed by atoms with E-state index in [-0.39, 0.29) is 12.5 Å². The molecule has 0 spiro atoms. The molecule has 1 heterocycles. The number of nitrogens with zero attached hydrogens (tertiary/aromatic N) is 3. The molecule has 0 aromatic carbocycles. The second-order valence-electron chi connectivity index (χ2n) is 4.29. The molecule has 0 amide bonds. The highest BCUT2D eigenvalue weighted by Crippen LogP contribution is 2.16. The van der Waals surface area contributed by atoms with Gasteiger partial charge < -0.3 is 14.4 Å². The van der Waals surface area contributed by atoms with Crippen molar-refractivity contribution in [2.24, 2.45) is 0 Å². The van der Waals surface area contributed by atoms with Crippen molar-refractivity contribution < 1.29 is 14.3 Å². The molecule has 20 heavy (non-hydrogen) atoms. The van der Waals surface area contributed by atoms with Gasteiger partial charge in [-0.3, -0.25) is 4.79 Å². The van der Waals surface area contributed by atoms with Crippen LogP contribution in [0.5, 0.6) is 5.88 Å². The van der Waals surface area contributed by atoms with Crippen molar-refractivity contribution in [2.75, 3.05) is 31.2 Å². The van der Waals surface area contributed by atoms with Crippen LogP contribution in [0.25, 0.3) is 0 Å². The summed E-state index contributed by atoms with van der Waals surface area (Å²) in [7, 11) is 0. The average Bonchev–Trinajstić information content (AvgIpc) is 2.45. The summed E-state index contributed by atoms with van der Waals surface area (Å²) in [6.45, 7) is 7.79. The molecule has 0 saturated carbocycles. The van der Waals surface area contributed by atoms with Crippen molar-refractivity contribution in [1.82, 2.24) is 9.97 Å². The normalized spacial score (nSPS) is 10.2. The van der Waals surface area contributed by atoms with Crippen molar-refractivity contribution in [3.63, 3.8) is 0 Å². The van der Waals surface area contributed by atoms with Crippen LogP contribution in [-0.2, 0) is 9.53 Å². The topological polar surface area (TPSA) is 64.5 Å². The Balaban J connectivity index is 2.76. The summed E-state index contributed by atoms with van der Waals surface area (Å²) in [5.74, 6) is 0.957. The minimum atomic E-state index is -0.254. The molecule has 0 aliphatic heterocycles. The molecular formula is C14H23N3O3. The van der Waals surface area contributed by atoms with E-state index in [9.17, 15) is 4.79 Å². The van der Waals surface area contributed by atoms with Gasteiger partial charge in [0.05, 0.1) is 13.2 Å². The Labute approximate surface area is 120 Å². The average molecular weight is 281 g/mol. The first-order valence-electron chi connectivity index (χ1n) is 7.06. The van der Waals surface area contributed by atoms with E-state index >= 15 is 0 Å². The molecular weight excluding hydrogens is 258 g/mol. The second-order valence-corrected chi connectivity index (χ2v) is 4.29. The van der Waals surface area contributed by atoms with Crippen molar-refractivity contribution in [3.8, 4) is 5.88 Å². The van der Waals surface area contributed by atoms with Crippen LogP contribution < -0.4 is 9.64 Å². The van der Waals surface area contributed by atoms with Gasteiger partial charge in [0.15, 0.2) is 0 Å². The minimum absolute atomic E-state index is 0.186. The Morgan fingerprint density at radius 3 is 2.70 bits per heavy atom. The first-order valence-corrected chi connectivity index (χ1v) is 7.06. The van der Waals surface area contributed by atoms with Gasteiger partial charge in [-0.2, -0.15) is 0 Å². The predicted octanol–water partition coefficient (Wildman–Crippen LogP) is 2.04. The van der Waals surface area contributed by atoms with Crippen LogP contribution in [0.2, 0.25) is 0 Å². The van der Waals surface area contributed by atoms with Crippen LogP contribution >= 0.6 is 0 Å². The summed E-state index contributed by atoms with van der Waals surface area (Å²) in [5, 5.41) is 0. The highest BCUT2D eigenvalue weighted by atomic mass is 16.5. The summed E-state index contributed by atoms with van der Waals surface area (Å²) in [5.41, 5.74) is 0. The number of ether oxygens (including phenoxy) is 2.